The van der Waals surface area contributed by atoms with Gasteiger partial charge in [-0.15, -0.1) is 0 Å². The third-order valence-electron chi connectivity index (χ3n) is 4.86. The zero-order valence-corrected chi connectivity index (χ0v) is 16.4. The monoisotopic (exact) mass is 386 g/mol. The maximum Gasteiger partial charge on any atom is 0.247 e. The van der Waals surface area contributed by atoms with Crippen LogP contribution < -0.4 is 5.32 Å². The normalized spacial score (nSPS) is 15.9. The molecule has 4 rings (SSSR count). The Morgan fingerprint density at radius 3 is 2.79 bits per heavy atom. The van der Waals surface area contributed by atoms with Gasteiger partial charge in [0.15, 0.2) is 0 Å². The molecule has 0 aromatic carbocycles. The van der Waals surface area contributed by atoms with Crippen LogP contribution in [0.3, 0.4) is 0 Å². The van der Waals surface area contributed by atoms with Crippen LogP contribution in [-0.4, -0.2) is 37.3 Å². The predicted octanol–water partition coefficient (Wildman–Crippen LogP) is 3.61. The number of amides is 1. The smallest absolute Gasteiger partial charge is 0.247 e. The molecule has 0 radical (unpaired) electrons. The van der Waals surface area contributed by atoms with Crippen LogP contribution in [-0.2, 0) is 4.79 Å². The highest BCUT2D eigenvalue weighted by Gasteiger charge is 2.33. The number of anilines is 2. The van der Waals surface area contributed by atoms with Crippen molar-refractivity contribution in [3.63, 3.8) is 0 Å². The Morgan fingerprint density at radius 1 is 1.21 bits per heavy atom. The molecule has 1 atom stereocenters. The zero-order valence-electron chi connectivity index (χ0n) is 16.4. The topological polar surface area (TPSA) is 83.9 Å². The fraction of sp³-hybridized carbons (Fsp3) is 0.227. The minimum absolute atomic E-state index is 0.0311. The Kier molecular flexibility index (Phi) is 5.29. The molecule has 7 nitrogen and oxygen atoms in total. The summed E-state index contributed by atoms with van der Waals surface area (Å²) in [6, 6.07) is 9.50. The molecule has 1 N–H and O–H groups in total. The molecule has 3 aromatic heterocycles. The third kappa shape index (κ3) is 4.29. The van der Waals surface area contributed by atoms with Crippen LogP contribution >= 0.6 is 0 Å². The summed E-state index contributed by atoms with van der Waals surface area (Å²) in [7, 11) is 0. The van der Waals surface area contributed by atoms with Gasteiger partial charge in [0.2, 0.25) is 5.91 Å². The van der Waals surface area contributed by atoms with Gasteiger partial charge in [-0.05, 0) is 49.6 Å². The number of carbonyl (C=O) groups is 1. The van der Waals surface area contributed by atoms with Crippen LogP contribution in [0.15, 0.2) is 55.0 Å². The summed E-state index contributed by atoms with van der Waals surface area (Å²) >= 11 is 0. The molecule has 3 aromatic rings. The van der Waals surface area contributed by atoms with Crippen molar-refractivity contribution in [2.75, 3.05) is 11.9 Å². The molecule has 1 amide bonds. The van der Waals surface area contributed by atoms with Crippen molar-refractivity contribution in [3.05, 3.63) is 77.6 Å². The van der Waals surface area contributed by atoms with Crippen LogP contribution in [0.4, 0.5) is 11.6 Å². The van der Waals surface area contributed by atoms with E-state index in [1.54, 1.807) is 30.7 Å². The molecule has 0 saturated carbocycles. The summed E-state index contributed by atoms with van der Waals surface area (Å²) in [4.78, 5) is 31.9. The first-order chi connectivity index (χ1) is 14.1. The first-order valence-corrected chi connectivity index (χ1v) is 9.53. The average molecular weight is 386 g/mol. The molecular weight excluding hydrogens is 364 g/mol. The number of rotatable bonds is 5. The van der Waals surface area contributed by atoms with Crippen molar-refractivity contribution in [1.29, 1.82) is 0 Å². The van der Waals surface area contributed by atoms with Crippen LogP contribution in [0.2, 0.25) is 0 Å². The Labute approximate surface area is 169 Å². The molecule has 7 heteroatoms. The number of hydrogen-bond acceptors (Lipinski definition) is 6. The number of aryl methyl sites for hydroxylation is 2. The molecule has 1 aliphatic rings. The molecular formula is C22H22N6O. The Morgan fingerprint density at radius 2 is 2.07 bits per heavy atom. The number of nitrogens with one attached hydrogen (secondary N) is 1. The minimum atomic E-state index is -0.0480. The van der Waals surface area contributed by atoms with Crippen LogP contribution in [0.25, 0.3) is 6.08 Å². The largest absolute Gasteiger partial charge is 0.330 e. The summed E-state index contributed by atoms with van der Waals surface area (Å²) < 4.78 is 0. The number of likely N-dealkylation sites (tertiary alicyclic amines) is 1. The Bertz CT molecular complexity index is 1050. The van der Waals surface area contributed by atoms with Gasteiger partial charge < -0.3 is 10.2 Å². The van der Waals surface area contributed by atoms with Gasteiger partial charge in [0.05, 0.1) is 11.7 Å². The standard InChI is InChI=1S/C22H22N6O/c1-15-5-3-11-24-22(15)27-20-13-18(25-16(2)26-20)19-9-12-28(19)21(29)8-7-17-6-4-10-23-14-17/h3-8,10-11,13-14,19H,9,12H2,1-2H3,(H,24,25,26,27)/b8-7+/t19-/m0/s1. The van der Waals surface area contributed by atoms with Crippen molar-refractivity contribution in [1.82, 2.24) is 24.8 Å². The van der Waals surface area contributed by atoms with Gasteiger partial charge in [-0.3, -0.25) is 9.78 Å². The Hall–Kier alpha value is -3.61. The lowest BCUT2D eigenvalue weighted by molar-refractivity contribution is -0.133. The number of hydrogen-bond donors (Lipinski definition) is 1. The van der Waals surface area contributed by atoms with Crippen molar-refractivity contribution in [3.8, 4) is 0 Å². The van der Waals surface area contributed by atoms with E-state index in [4.69, 9.17) is 0 Å². The van der Waals surface area contributed by atoms with Gasteiger partial charge >= 0.3 is 0 Å². The Balaban J connectivity index is 1.51. The van der Waals surface area contributed by atoms with Gasteiger partial charge in [0.25, 0.3) is 0 Å². The van der Waals surface area contributed by atoms with E-state index in [1.807, 2.05) is 49.1 Å². The maximum absolute atomic E-state index is 12.6. The van der Waals surface area contributed by atoms with Crippen LogP contribution in [0.1, 0.15) is 35.1 Å². The zero-order chi connectivity index (χ0) is 20.2. The first kappa shape index (κ1) is 18.7. The summed E-state index contributed by atoms with van der Waals surface area (Å²) in [6.45, 7) is 4.56. The van der Waals surface area contributed by atoms with Gasteiger partial charge in [0, 0.05) is 37.3 Å². The van der Waals surface area contributed by atoms with Crippen molar-refractivity contribution < 1.29 is 4.79 Å². The highest BCUT2D eigenvalue weighted by Crippen LogP contribution is 2.33. The lowest BCUT2D eigenvalue weighted by Gasteiger charge is -2.40. The van der Waals surface area contributed by atoms with Gasteiger partial charge in [-0.1, -0.05) is 12.1 Å². The predicted molar refractivity (Wildman–Crippen MR) is 111 cm³/mol. The molecule has 146 valence electrons. The summed E-state index contributed by atoms with van der Waals surface area (Å²) in [6.07, 6.45) is 9.43. The van der Waals surface area contributed by atoms with Gasteiger partial charge in [0.1, 0.15) is 17.5 Å². The van der Waals surface area contributed by atoms with E-state index in [0.29, 0.717) is 18.2 Å². The van der Waals surface area contributed by atoms with E-state index in [-0.39, 0.29) is 11.9 Å². The molecule has 4 heterocycles. The molecule has 0 spiro atoms. The van der Waals surface area contributed by atoms with Gasteiger partial charge in [-0.25, -0.2) is 15.0 Å². The lowest BCUT2D eigenvalue weighted by atomic mass is 9.98. The van der Waals surface area contributed by atoms with E-state index in [2.05, 4.69) is 25.3 Å². The fourth-order valence-electron chi connectivity index (χ4n) is 3.26. The molecule has 0 unspecified atom stereocenters. The lowest BCUT2D eigenvalue weighted by Crippen LogP contribution is -2.44. The van der Waals surface area contributed by atoms with Crippen molar-refractivity contribution >= 4 is 23.6 Å². The third-order valence-corrected chi connectivity index (χ3v) is 4.86. The molecule has 29 heavy (non-hydrogen) atoms. The second kappa shape index (κ2) is 8.18. The van der Waals surface area contributed by atoms with E-state index in [9.17, 15) is 4.79 Å². The van der Waals surface area contributed by atoms with E-state index in [1.165, 1.54) is 0 Å². The number of nitrogens with zero attached hydrogens (tertiary/aromatic N) is 5. The summed E-state index contributed by atoms with van der Waals surface area (Å²) in [5.74, 6) is 2.07. The molecule has 1 saturated heterocycles. The average Bonchev–Trinajstić information content (AvgIpc) is 2.68. The SMILES string of the molecule is Cc1nc(Nc2ncccc2C)cc([C@@H]2CCN2C(=O)/C=C/c2cccnc2)n1. The molecule has 1 aliphatic heterocycles. The molecule has 0 aliphatic carbocycles. The van der Waals surface area contributed by atoms with Crippen molar-refractivity contribution in [2.24, 2.45) is 0 Å². The molecule has 1 fully saturated rings. The van der Waals surface area contributed by atoms with Crippen LogP contribution in [0.5, 0.6) is 0 Å². The number of carbonyl (C=O) groups excluding carboxylic acids is 1. The summed E-state index contributed by atoms with van der Waals surface area (Å²) in [5.41, 5.74) is 2.77. The highest BCUT2D eigenvalue weighted by molar-refractivity contribution is 5.92. The number of aromatic nitrogens is 4. The number of pyridine rings is 2. The maximum atomic E-state index is 12.6. The van der Waals surface area contributed by atoms with Crippen molar-refractivity contribution in [2.45, 2.75) is 26.3 Å². The van der Waals surface area contributed by atoms with E-state index >= 15 is 0 Å². The second-order valence-corrected chi connectivity index (χ2v) is 6.97. The van der Waals surface area contributed by atoms with E-state index < -0.39 is 0 Å². The van der Waals surface area contributed by atoms with E-state index in [0.717, 1.165) is 29.1 Å². The second-order valence-electron chi connectivity index (χ2n) is 6.97. The molecule has 0 bridgehead atoms. The van der Waals surface area contributed by atoms with Crippen LogP contribution in [0, 0.1) is 13.8 Å². The summed E-state index contributed by atoms with van der Waals surface area (Å²) in [5, 5.41) is 3.26. The highest BCUT2D eigenvalue weighted by atomic mass is 16.2. The quantitative estimate of drug-likeness (QED) is 0.675. The van der Waals surface area contributed by atoms with Gasteiger partial charge in [-0.2, -0.15) is 0 Å². The minimum Gasteiger partial charge on any atom is -0.330 e. The first-order valence-electron chi connectivity index (χ1n) is 9.53. The fourth-order valence-corrected chi connectivity index (χ4v) is 3.26.